The van der Waals surface area contributed by atoms with E-state index < -0.39 is 18.0 Å². The van der Waals surface area contributed by atoms with E-state index in [0.717, 1.165) is 36.1 Å². The van der Waals surface area contributed by atoms with Gasteiger partial charge >= 0.3 is 5.97 Å². The summed E-state index contributed by atoms with van der Waals surface area (Å²) < 4.78 is 22.4. The predicted molar refractivity (Wildman–Crippen MR) is 191 cm³/mol. The largest absolute Gasteiger partial charge is 0.493 e. The fraction of sp³-hybridized carbons (Fsp3) is 0.278. The van der Waals surface area contributed by atoms with E-state index >= 15 is 0 Å². The molecule has 10 nitrogen and oxygen atoms in total. The van der Waals surface area contributed by atoms with E-state index in [2.05, 4.69) is 15.8 Å². The van der Waals surface area contributed by atoms with Gasteiger partial charge in [-0.1, -0.05) is 29.3 Å². The fourth-order valence-electron chi connectivity index (χ4n) is 5.16. The quantitative estimate of drug-likeness (QED) is 0.0817. The first kappa shape index (κ1) is 35.7. The summed E-state index contributed by atoms with van der Waals surface area (Å²) in [5.74, 6) is 0.0711. The van der Waals surface area contributed by atoms with Crippen LogP contribution >= 0.6 is 34.5 Å². The first-order chi connectivity index (χ1) is 23.7. The molecule has 2 amide bonds. The van der Waals surface area contributed by atoms with Gasteiger partial charge in [0.2, 0.25) is 0 Å². The lowest BCUT2D eigenvalue weighted by molar-refractivity contribution is -0.127. The van der Waals surface area contributed by atoms with E-state index in [0.29, 0.717) is 54.5 Å². The number of amides is 2. The lowest BCUT2D eigenvalue weighted by Gasteiger charge is -2.14. The van der Waals surface area contributed by atoms with Crippen LogP contribution < -0.4 is 25.0 Å². The number of halogens is 2. The van der Waals surface area contributed by atoms with Crippen molar-refractivity contribution in [3.8, 4) is 17.2 Å². The van der Waals surface area contributed by atoms with Gasteiger partial charge in [-0.25, -0.2) is 10.2 Å². The van der Waals surface area contributed by atoms with E-state index in [4.69, 9.17) is 42.1 Å². The van der Waals surface area contributed by atoms with Crippen molar-refractivity contribution in [2.24, 2.45) is 5.10 Å². The number of carbonyl (C=O) groups excluding carboxylic acids is 3. The van der Waals surface area contributed by atoms with Crippen LogP contribution in [0.1, 0.15) is 69.0 Å². The molecule has 5 rings (SSSR count). The number of anilines is 1. The molecule has 256 valence electrons. The summed E-state index contributed by atoms with van der Waals surface area (Å²) in [5, 5.41) is 8.45. The molecule has 0 aliphatic heterocycles. The number of hydrazone groups is 1. The third-order valence-electron chi connectivity index (χ3n) is 7.69. The van der Waals surface area contributed by atoms with Gasteiger partial charge in [0, 0.05) is 26.0 Å². The molecule has 0 saturated heterocycles. The minimum atomic E-state index is -0.886. The van der Waals surface area contributed by atoms with Crippen LogP contribution in [0.15, 0.2) is 65.8 Å². The van der Waals surface area contributed by atoms with Crippen LogP contribution in [0, 0.1) is 0 Å². The maximum absolute atomic E-state index is 13.1. The topological polar surface area (TPSA) is 125 Å². The van der Waals surface area contributed by atoms with Gasteiger partial charge in [-0.05, 0) is 105 Å². The number of carbonyl (C=O) groups is 3. The van der Waals surface area contributed by atoms with E-state index in [1.165, 1.54) is 24.7 Å². The van der Waals surface area contributed by atoms with Crippen molar-refractivity contribution in [1.82, 2.24) is 5.43 Å². The van der Waals surface area contributed by atoms with Crippen molar-refractivity contribution < 1.29 is 33.3 Å². The minimum absolute atomic E-state index is 0.154. The van der Waals surface area contributed by atoms with Crippen molar-refractivity contribution in [3.05, 3.63) is 103 Å². The third-order valence-corrected chi connectivity index (χ3v) is 9.60. The molecule has 0 spiro atoms. The average Bonchev–Trinajstić information content (AvgIpc) is 3.46. The monoisotopic (exact) mass is 723 g/mol. The van der Waals surface area contributed by atoms with Crippen molar-refractivity contribution in [2.75, 3.05) is 19.0 Å². The van der Waals surface area contributed by atoms with Gasteiger partial charge in [-0.3, -0.25) is 9.59 Å². The van der Waals surface area contributed by atoms with Gasteiger partial charge in [-0.15, -0.1) is 11.3 Å². The normalized spacial score (nSPS) is 12.9. The van der Waals surface area contributed by atoms with Gasteiger partial charge in [0.05, 0.1) is 25.5 Å². The minimum Gasteiger partial charge on any atom is -0.493 e. The first-order valence-electron chi connectivity index (χ1n) is 15.6. The molecule has 1 atom stereocenters. The average molecular weight is 725 g/mol. The molecule has 0 bridgehead atoms. The molecule has 1 aliphatic carbocycles. The second kappa shape index (κ2) is 16.7. The number of hydrogen-bond donors (Lipinski definition) is 2. The highest BCUT2D eigenvalue weighted by Gasteiger charge is 2.27. The number of nitrogens with zero attached hydrogens (tertiary/aromatic N) is 1. The van der Waals surface area contributed by atoms with Gasteiger partial charge in [-0.2, -0.15) is 5.10 Å². The van der Waals surface area contributed by atoms with E-state index in [9.17, 15) is 14.4 Å². The maximum atomic E-state index is 13.1. The lowest BCUT2D eigenvalue weighted by atomic mass is 9.95. The Hall–Kier alpha value is -4.58. The summed E-state index contributed by atoms with van der Waals surface area (Å²) in [6.45, 7) is 3.75. The van der Waals surface area contributed by atoms with Gasteiger partial charge < -0.3 is 24.3 Å². The Kier molecular flexibility index (Phi) is 12.2. The summed E-state index contributed by atoms with van der Waals surface area (Å²) in [6.07, 6.45) is 4.30. The highest BCUT2D eigenvalue weighted by atomic mass is 35.5. The number of thiophene rings is 1. The number of hydrogen-bond acceptors (Lipinski definition) is 9. The van der Waals surface area contributed by atoms with Crippen LogP contribution in [0.2, 0.25) is 10.0 Å². The molecule has 3 aromatic carbocycles. The predicted octanol–water partition coefficient (Wildman–Crippen LogP) is 7.87. The molecular weight excluding hydrogens is 689 g/mol. The van der Waals surface area contributed by atoms with Gasteiger partial charge in [0.15, 0.2) is 17.6 Å². The zero-order valence-corrected chi connectivity index (χ0v) is 29.5. The van der Waals surface area contributed by atoms with Crippen LogP contribution in [-0.4, -0.2) is 43.8 Å². The number of fused-ring (bicyclic) bond motifs is 1. The Bertz CT molecular complexity index is 1840. The molecule has 1 heterocycles. The number of esters is 1. The molecule has 1 unspecified atom stereocenters. The Morgan fingerprint density at radius 3 is 2.45 bits per heavy atom. The summed E-state index contributed by atoms with van der Waals surface area (Å²) in [4.78, 5) is 39.6. The number of methoxy groups -OCH3 is 1. The second-order valence-corrected chi connectivity index (χ2v) is 12.9. The molecule has 49 heavy (non-hydrogen) atoms. The molecule has 13 heteroatoms. The number of nitrogens with one attached hydrogen (secondary N) is 2. The van der Waals surface area contributed by atoms with Crippen LogP contribution in [0.25, 0.3) is 0 Å². The third kappa shape index (κ3) is 8.91. The molecular formula is C36H35Cl2N3O7S. The summed E-state index contributed by atoms with van der Waals surface area (Å²) in [6, 6.07) is 16.8. The highest BCUT2D eigenvalue weighted by Crippen LogP contribution is 2.39. The SMILES string of the molecule is CCOC(=O)c1c(NC(=O)c2ccc(OC(C)C(=O)N/N=C/c3ccc(OCc4c(Cl)cccc4Cl)c(OC)c3)cc2)sc2c1CCCC2. The fourth-order valence-corrected chi connectivity index (χ4v) is 6.94. The number of ether oxygens (including phenoxy) is 4. The van der Waals surface area contributed by atoms with Crippen LogP contribution in [-0.2, 0) is 29.0 Å². The Labute approximate surface area is 298 Å². The standard InChI is InChI=1S/C36H35Cl2N3O7S/c1-4-46-36(44)32-25-8-5-6-11-31(25)49-35(32)40-34(43)23-13-15-24(16-14-23)48-21(2)33(42)41-39-19-22-12-17-29(30(18-22)45-3)47-20-26-27(37)9-7-10-28(26)38/h7,9-10,12-19,21H,4-6,8,11,20H2,1-3H3,(H,40,43)(H,41,42)/b39-19+. The highest BCUT2D eigenvalue weighted by molar-refractivity contribution is 7.17. The first-order valence-corrected chi connectivity index (χ1v) is 17.2. The van der Waals surface area contributed by atoms with Crippen molar-refractivity contribution in [1.29, 1.82) is 0 Å². The van der Waals surface area contributed by atoms with Crippen molar-refractivity contribution in [3.63, 3.8) is 0 Å². The lowest BCUT2D eigenvalue weighted by Crippen LogP contribution is -2.33. The smallest absolute Gasteiger partial charge is 0.341 e. The van der Waals surface area contributed by atoms with Crippen molar-refractivity contribution in [2.45, 2.75) is 52.2 Å². The zero-order valence-electron chi connectivity index (χ0n) is 27.1. The molecule has 1 aliphatic rings. The number of aryl methyl sites for hydroxylation is 1. The maximum Gasteiger partial charge on any atom is 0.341 e. The summed E-state index contributed by atoms with van der Waals surface area (Å²) in [5.41, 5.74) is 5.59. The molecule has 0 fully saturated rings. The Morgan fingerprint density at radius 1 is 1.00 bits per heavy atom. The van der Waals surface area contributed by atoms with Crippen molar-refractivity contribution >= 4 is 63.5 Å². The van der Waals surface area contributed by atoms with Gasteiger partial charge in [0.1, 0.15) is 17.4 Å². The van der Waals surface area contributed by atoms with Crippen LogP contribution in [0.4, 0.5) is 5.00 Å². The molecule has 2 N–H and O–H groups in total. The second-order valence-electron chi connectivity index (χ2n) is 11.0. The summed E-state index contributed by atoms with van der Waals surface area (Å²) >= 11 is 13.9. The number of benzene rings is 3. The van der Waals surface area contributed by atoms with E-state index in [-0.39, 0.29) is 19.1 Å². The molecule has 0 radical (unpaired) electrons. The molecule has 1 aromatic heterocycles. The van der Waals surface area contributed by atoms with Crippen LogP contribution in [0.5, 0.6) is 17.2 Å². The zero-order chi connectivity index (χ0) is 34.9. The summed E-state index contributed by atoms with van der Waals surface area (Å²) in [7, 11) is 1.52. The van der Waals surface area contributed by atoms with Crippen LogP contribution in [0.3, 0.4) is 0 Å². The van der Waals surface area contributed by atoms with E-state index in [1.807, 2.05) is 0 Å². The Balaban J connectivity index is 1.14. The number of rotatable bonds is 13. The van der Waals surface area contributed by atoms with E-state index in [1.54, 1.807) is 74.5 Å². The molecule has 4 aromatic rings. The van der Waals surface area contributed by atoms with Gasteiger partial charge in [0.25, 0.3) is 11.8 Å². The Morgan fingerprint density at radius 2 is 1.73 bits per heavy atom. The molecule has 0 saturated carbocycles.